The molecule has 0 aliphatic rings. The molecule has 11 heavy (non-hydrogen) atoms. The zero-order chi connectivity index (χ0) is 8.53. The van der Waals surface area contributed by atoms with Crippen molar-refractivity contribution in [1.29, 1.82) is 0 Å². The molecule has 0 aliphatic carbocycles. The largest absolute Gasteiger partial charge is 0.389 e. The first kappa shape index (κ1) is 10.2. The first-order valence-electron chi connectivity index (χ1n) is 3.93. The number of aliphatic hydroxyl groups is 1. The molecule has 0 aromatic carbocycles. The number of rotatable bonds is 5. The Labute approximate surface area is 68.7 Å². The van der Waals surface area contributed by atoms with Gasteiger partial charge in [-0.3, -0.25) is 0 Å². The molecule has 0 spiro atoms. The monoisotopic (exact) mass is 152 g/mol. The first-order chi connectivity index (χ1) is 5.31. The Morgan fingerprint density at radius 3 is 2.73 bits per heavy atom. The highest BCUT2D eigenvalue weighted by Crippen LogP contribution is 1.92. The van der Waals surface area contributed by atoms with Gasteiger partial charge in [0.1, 0.15) is 0 Å². The third-order valence-electron chi connectivity index (χ3n) is 1.30. The molecule has 1 unspecified atom stereocenters. The van der Waals surface area contributed by atoms with E-state index in [0.717, 1.165) is 12.8 Å². The maximum Gasteiger partial charge on any atom is 0.0721 e. The summed E-state index contributed by atoms with van der Waals surface area (Å²) in [7, 11) is 0. The van der Waals surface area contributed by atoms with Gasteiger partial charge < -0.3 is 5.11 Å². The molecular formula is C10H16O. The molecule has 1 atom stereocenters. The molecule has 0 bridgehead atoms. The minimum absolute atomic E-state index is 0.302. The van der Waals surface area contributed by atoms with Crippen molar-refractivity contribution in [3.8, 4) is 0 Å². The average molecular weight is 152 g/mol. The van der Waals surface area contributed by atoms with Crippen molar-refractivity contribution in [2.24, 2.45) is 0 Å². The molecule has 0 radical (unpaired) electrons. The van der Waals surface area contributed by atoms with E-state index < -0.39 is 0 Å². The fourth-order valence-corrected chi connectivity index (χ4v) is 0.582. The van der Waals surface area contributed by atoms with E-state index >= 15 is 0 Å². The van der Waals surface area contributed by atoms with Gasteiger partial charge in [0.15, 0.2) is 0 Å². The Morgan fingerprint density at radius 2 is 2.18 bits per heavy atom. The van der Waals surface area contributed by atoms with Crippen LogP contribution in [0.25, 0.3) is 0 Å². The van der Waals surface area contributed by atoms with Crippen molar-refractivity contribution < 1.29 is 5.11 Å². The summed E-state index contributed by atoms with van der Waals surface area (Å²) in [6, 6.07) is 0. The second-order valence-electron chi connectivity index (χ2n) is 2.31. The van der Waals surface area contributed by atoms with E-state index in [1.165, 1.54) is 0 Å². The Hall–Kier alpha value is -0.820. The lowest BCUT2D eigenvalue weighted by atomic mass is 10.2. The molecule has 0 aromatic heterocycles. The minimum Gasteiger partial charge on any atom is -0.389 e. The van der Waals surface area contributed by atoms with Gasteiger partial charge >= 0.3 is 0 Å². The number of hydrogen-bond donors (Lipinski definition) is 1. The lowest BCUT2D eigenvalue weighted by Crippen LogP contribution is -1.97. The predicted molar refractivity (Wildman–Crippen MR) is 49.4 cm³/mol. The zero-order valence-electron chi connectivity index (χ0n) is 7.03. The molecule has 1 N–H and O–H groups in total. The zero-order valence-corrected chi connectivity index (χ0v) is 7.03. The molecule has 62 valence electrons. The smallest absolute Gasteiger partial charge is 0.0721 e. The predicted octanol–water partition coefficient (Wildman–Crippen LogP) is 2.45. The van der Waals surface area contributed by atoms with Gasteiger partial charge in [0.05, 0.1) is 6.10 Å². The summed E-state index contributed by atoms with van der Waals surface area (Å²) >= 11 is 0. The van der Waals surface area contributed by atoms with Crippen LogP contribution < -0.4 is 0 Å². The van der Waals surface area contributed by atoms with E-state index in [0.29, 0.717) is 0 Å². The van der Waals surface area contributed by atoms with Crippen molar-refractivity contribution >= 4 is 0 Å². The molecule has 1 nitrogen and oxygen atoms in total. The molecule has 0 fully saturated rings. The molecule has 0 saturated heterocycles. The van der Waals surface area contributed by atoms with Crippen molar-refractivity contribution in [2.75, 3.05) is 0 Å². The molecule has 0 heterocycles. The molecule has 0 aromatic rings. The van der Waals surface area contributed by atoms with Gasteiger partial charge in [-0.1, -0.05) is 37.3 Å². The fourth-order valence-electron chi connectivity index (χ4n) is 0.582. The van der Waals surface area contributed by atoms with Crippen LogP contribution >= 0.6 is 0 Å². The number of allylic oxidation sites excluding steroid dienone is 4. The van der Waals surface area contributed by atoms with E-state index in [1.54, 1.807) is 6.08 Å². The van der Waals surface area contributed by atoms with Crippen molar-refractivity contribution in [1.82, 2.24) is 0 Å². The molecule has 0 amide bonds. The Kier molecular flexibility index (Phi) is 6.75. The lowest BCUT2D eigenvalue weighted by Gasteiger charge is -1.95. The van der Waals surface area contributed by atoms with E-state index in [9.17, 15) is 0 Å². The summed E-state index contributed by atoms with van der Waals surface area (Å²) in [6.07, 6.45) is 10.7. The van der Waals surface area contributed by atoms with Crippen LogP contribution in [0.4, 0.5) is 0 Å². The first-order valence-corrected chi connectivity index (χ1v) is 3.93. The summed E-state index contributed by atoms with van der Waals surface area (Å²) in [5.74, 6) is 0. The quantitative estimate of drug-likeness (QED) is 0.474. The summed E-state index contributed by atoms with van der Waals surface area (Å²) in [6.45, 7) is 5.53. The van der Waals surface area contributed by atoms with Crippen LogP contribution in [0.15, 0.2) is 37.0 Å². The van der Waals surface area contributed by atoms with Crippen LogP contribution in [0.2, 0.25) is 0 Å². The molecule has 0 saturated carbocycles. The van der Waals surface area contributed by atoms with E-state index in [1.807, 2.05) is 31.2 Å². The SMILES string of the molecule is C=CC/C=C/C=C/C(O)CC. The van der Waals surface area contributed by atoms with Gasteiger partial charge in [-0.25, -0.2) is 0 Å². The highest BCUT2D eigenvalue weighted by atomic mass is 16.3. The van der Waals surface area contributed by atoms with Crippen LogP contribution in [0.1, 0.15) is 19.8 Å². The highest BCUT2D eigenvalue weighted by Gasteiger charge is 1.88. The fraction of sp³-hybridized carbons (Fsp3) is 0.400. The van der Waals surface area contributed by atoms with E-state index in [4.69, 9.17) is 5.11 Å². The Bertz CT molecular complexity index is 145. The normalized spacial score (nSPS) is 14.4. The second kappa shape index (κ2) is 7.29. The Morgan fingerprint density at radius 1 is 1.45 bits per heavy atom. The molecule has 0 aliphatic heterocycles. The maximum atomic E-state index is 9.07. The van der Waals surface area contributed by atoms with Crippen LogP contribution in [-0.2, 0) is 0 Å². The standard InChI is InChI=1S/C10H16O/c1-3-5-6-7-8-9-10(11)4-2/h3,6-11H,1,4-5H2,2H3/b7-6+,9-8+. The third-order valence-corrected chi connectivity index (χ3v) is 1.30. The van der Waals surface area contributed by atoms with Gasteiger partial charge in [0.2, 0.25) is 0 Å². The van der Waals surface area contributed by atoms with Crippen LogP contribution in [0.3, 0.4) is 0 Å². The highest BCUT2D eigenvalue weighted by molar-refractivity contribution is 5.05. The van der Waals surface area contributed by atoms with E-state index in [2.05, 4.69) is 6.58 Å². The van der Waals surface area contributed by atoms with Crippen molar-refractivity contribution in [2.45, 2.75) is 25.9 Å². The topological polar surface area (TPSA) is 20.2 Å². The second-order valence-corrected chi connectivity index (χ2v) is 2.31. The lowest BCUT2D eigenvalue weighted by molar-refractivity contribution is 0.219. The van der Waals surface area contributed by atoms with Gasteiger partial charge in [-0.05, 0) is 12.8 Å². The maximum absolute atomic E-state index is 9.07. The number of hydrogen-bond acceptors (Lipinski definition) is 1. The summed E-state index contributed by atoms with van der Waals surface area (Å²) in [5.41, 5.74) is 0. The summed E-state index contributed by atoms with van der Waals surface area (Å²) in [4.78, 5) is 0. The average Bonchev–Trinajstić information content (AvgIpc) is 2.04. The van der Waals surface area contributed by atoms with Gasteiger partial charge in [0, 0.05) is 0 Å². The van der Waals surface area contributed by atoms with Gasteiger partial charge in [-0.15, -0.1) is 6.58 Å². The molecule has 0 rings (SSSR count). The van der Waals surface area contributed by atoms with Crippen LogP contribution in [0.5, 0.6) is 0 Å². The van der Waals surface area contributed by atoms with Crippen LogP contribution in [-0.4, -0.2) is 11.2 Å². The number of aliphatic hydroxyl groups excluding tert-OH is 1. The molecule has 1 heteroatoms. The van der Waals surface area contributed by atoms with Gasteiger partial charge in [0.25, 0.3) is 0 Å². The summed E-state index contributed by atoms with van der Waals surface area (Å²) < 4.78 is 0. The van der Waals surface area contributed by atoms with E-state index in [-0.39, 0.29) is 6.10 Å². The third kappa shape index (κ3) is 7.07. The Balaban J connectivity index is 3.49. The summed E-state index contributed by atoms with van der Waals surface area (Å²) in [5, 5.41) is 9.07. The molecular weight excluding hydrogens is 136 g/mol. The van der Waals surface area contributed by atoms with Crippen molar-refractivity contribution in [3.05, 3.63) is 37.0 Å². The van der Waals surface area contributed by atoms with Crippen molar-refractivity contribution in [3.63, 3.8) is 0 Å². The van der Waals surface area contributed by atoms with Gasteiger partial charge in [-0.2, -0.15) is 0 Å². The minimum atomic E-state index is -0.302. The van der Waals surface area contributed by atoms with Crippen LogP contribution in [0, 0.1) is 0 Å².